The monoisotopic (exact) mass is 450 g/mol. The van der Waals surface area contributed by atoms with Crippen LogP contribution in [0.2, 0.25) is 0 Å². The van der Waals surface area contributed by atoms with Gasteiger partial charge in [-0.05, 0) is 43.0 Å². The van der Waals surface area contributed by atoms with Gasteiger partial charge in [-0.15, -0.1) is 0 Å². The van der Waals surface area contributed by atoms with E-state index >= 15 is 0 Å². The summed E-state index contributed by atoms with van der Waals surface area (Å²) in [6, 6.07) is 5.29. The normalized spacial score (nSPS) is 24.0. The molecule has 1 aliphatic heterocycles. The molecule has 1 spiro atoms. The third kappa shape index (κ3) is 4.31. The van der Waals surface area contributed by atoms with Gasteiger partial charge in [-0.25, -0.2) is 13.2 Å². The number of sulfonamides is 1. The molecule has 9 nitrogen and oxygen atoms in total. The van der Waals surface area contributed by atoms with Crippen molar-refractivity contribution in [3.8, 4) is 0 Å². The van der Waals surface area contributed by atoms with Crippen LogP contribution in [0.5, 0.6) is 0 Å². The Bertz CT molecular complexity index is 958. The van der Waals surface area contributed by atoms with Crippen LogP contribution < -0.4 is 10.6 Å². The lowest BCUT2D eigenvalue weighted by molar-refractivity contribution is -0.136. The fourth-order valence-corrected chi connectivity index (χ4v) is 5.86. The predicted octanol–water partition coefficient (Wildman–Crippen LogP) is 2.16. The summed E-state index contributed by atoms with van der Waals surface area (Å²) in [6.45, 7) is 5.83. The van der Waals surface area contributed by atoms with E-state index in [1.807, 2.05) is 6.92 Å². The number of nitrogens with zero attached hydrogens (tertiary/aromatic N) is 2. The average Bonchev–Trinajstić information content (AvgIpc) is 2.96. The summed E-state index contributed by atoms with van der Waals surface area (Å²) in [4.78, 5) is 39.0. The number of hydrogen-bond donors (Lipinski definition) is 2. The lowest BCUT2D eigenvalue weighted by Gasteiger charge is -2.36. The predicted molar refractivity (Wildman–Crippen MR) is 116 cm³/mol. The molecule has 2 N–H and O–H groups in total. The van der Waals surface area contributed by atoms with Crippen LogP contribution in [-0.2, 0) is 19.6 Å². The van der Waals surface area contributed by atoms with Crippen LogP contribution in [0.1, 0.15) is 46.5 Å². The lowest BCUT2D eigenvalue weighted by atomic mass is 9.73. The quantitative estimate of drug-likeness (QED) is 0.618. The molecule has 0 aromatic heterocycles. The van der Waals surface area contributed by atoms with E-state index in [0.29, 0.717) is 25.2 Å². The largest absolute Gasteiger partial charge is 0.325 e. The summed E-state index contributed by atoms with van der Waals surface area (Å²) in [7, 11) is -3.59. The first-order chi connectivity index (χ1) is 14.7. The summed E-state index contributed by atoms with van der Waals surface area (Å²) < 4.78 is 26.5. The second-order valence-corrected chi connectivity index (χ2v) is 10.0. The molecule has 31 heavy (non-hydrogen) atoms. The number of nitrogens with one attached hydrogen (secondary N) is 2. The molecule has 1 saturated heterocycles. The van der Waals surface area contributed by atoms with Gasteiger partial charge >= 0.3 is 6.03 Å². The Balaban J connectivity index is 1.66. The Kier molecular flexibility index (Phi) is 6.70. The summed E-state index contributed by atoms with van der Waals surface area (Å²) in [5.41, 5.74) is -0.521. The molecule has 3 rings (SSSR count). The molecule has 1 saturated carbocycles. The fraction of sp³-hybridized carbons (Fsp3) is 0.571. The molecular weight excluding hydrogens is 420 g/mol. The summed E-state index contributed by atoms with van der Waals surface area (Å²) in [6.07, 6.45) is 3.32. The molecule has 1 aromatic carbocycles. The van der Waals surface area contributed by atoms with E-state index in [1.165, 1.54) is 28.6 Å². The number of amides is 4. The third-order valence-electron chi connectivity index (χ3n) is 6.28. The molecule has 4 amide bonds. The van der Waals surface area contributed by atoms with Gasteiger partial charge in [-0.1, -0.05) is 33.6 Å². The number of imide groups is 1. The number of urea groups is 1. The Morgan fingerprint density at radius 1 is 1.19 bits per heavy atom. The maximum atomic E-state index is 13.0. The molecule has 2 atom stereocenters. The second kappa shape index (κ2) is 8.96. The number of benzene rings is 1. The standard InChI is InChI=1S/C21H30N4O5S/c1-4-24(5-2)31(29,30)17-11-9-16(10-12-17)22-18(26)14-25-19(27)21(23-20(25)28)13-7-6-8-15(21)3/h9-12,15H,4-8,13-14H2,1-3H3,(H,22,26)(H,23,28)/t15-,21-/m1/s1. The van der Waals surface area contributed by atoms with E-state index < -0.39 is 34.0 Å². The van der Waals surface area contributed by atoms with Crippen LogP contribution in [0, 0.1) is 5.92 Å². The number of anilines is 1. The van der Waals surface area contributed by atoms with Gasteiger partial charge in [0.15, 0.2) is 0 Å². The van der Waals surface area contributed by atoms with E-state index in [9.17, 15) is 22.8 Å². The molecule has 1 heterocycles. The van der Waals surface area contributed by atoms with Crippen LogP contribution in [0.25, 0.3) is 0 Å². The zero-order valence-electron chi connectivity index (χ0n) is 18.2. The van der Waals surface area contributed by atoms with Gasteiger partial charge in [0.2, 0.25) is 15.9 Å². The maximum absolute atomic E-state index is 13.0. The van der Waals surface area contributed by atoms with E-state index in [-0.39, 0.29) is 16.7 Å². The van der Waals surface area contributed by atoms with Gasteiger partial charge < -0.3 is 10.6 Å². The Hall–Kier alpha value is -2.46. The van der Waals surface area contributed by atoms with Gasteiger partial charge in [0.1, 0.15) is 12.1 Å². The van der Waals surface area contributed by atoms with Crippen LogP contribution in [0.15, 0.2) is 29.2 Å². The minimum absolute atomic E-state index is 0.0195. The topological polar surface area (TPSA) is 116 Å². The Labute approximate surface area is 183 Å². The number of carbonyl (C=O) groups is 3. The molecule has 0 bridgehead atoms. The first-order valence-electron chi connectivity index (χ1n) is 10.7. The summed E-state index contributed by atoms with van der Waals surface area (Å²) in [5.74, 6) is -0.852. The first-order valence-corrected chi connectivity index (χ1v) is 12.1. The van der Waals surface area contributed by atoms with Crippen molar-refractivity contribution < 1.29 is 22.8 Å². The molecule has 2 fully saturated rings. The Morgan fingerprint density at radius 3 is 2.42 bits per heavy atom. The number of hydrogen-bond acceptors (Lipinski definition) is 5. The highest BCUT2D eigenvalue weighted by molar-refractivity contribution is 7.89. The Morgan fingerprint density at radius 2 is 1.84 bits per heavy atom. The van der Waals surface area contributed by atoms with Crippen LogP contribution in [0.3, 0.4) is 0 Å². The van der Waals surface area contributed by atoms with Gasteiger partial charge in [0, 0.05) is 18.8 Å². The van der Waals surface area contributed by atoms with Crippen molar-refractivity contribution in [2.45, 2.75) is 56.9 Å². The van der Waals surface area contributed by atoms with Gasteiger partial charge in [0.25, 0.3) is 5.91 Å². The van der Waals surface area contributed by atoms with Crippen molar-refractivity contribution in [3.63, 3.8) is 0 Å². The summed E-state index contributed by atoms with van der Waals surface area (Å²) >= 11 is 0. The molecule has 10 heteroatoms. The molecular formula is C21H30N4O5S. The van der Waals surface area contributed by atoms with Crippen LogP contribution in [-0.4, -0.2) is 60.6 Å². The molecule has 170 valence electrons. The fourth-order valence-electron chi connectivity index (χ4n) is 4.41. The van der Waals surface area contributed by atoms with Gasteiger partial charge in [-0.2, -0.15) is 4.31 Å². The van der Waals surface area contributed by atoms with Crippen molar-refractivity contribution in [2.24, 2.45) is 5.92 Å². The van der Waals surface area contributed by atoms with E-state index in [2.05, 4.69) is 10.6 Å². The van der Waals surface area contributed by atoms with Crippen LogP contribution in [0.4, 0.5) is 10.5 Å². The van der Waals surface area contributed by atoms with E-state index in [4.69, 9.17) is 0 Å². The molecule has 0 radical (unpaired) electrons. The third-order valence-corrected chi connectivity index (χ3v) is 8.35. The minimum Gasteiger partial charge on any atom is -0.325 e. The smallest absolute Gasteiger partial charge is 0.325 e. The average molecular weight is 451 g/mol. The van der Waals surface area contributed by atoms with E-state index in [0.717, 1.165) is 24.2 Å². The van der Waals surface area contributed by atoms with E-state index in [1.54, 1.807) is 13.8 Å². The minimum atomic E-state index is -3.59. The number of rotatable bonds is 7. The van der Waals surface area contributed by atoms with Crippen molar-refractivity contribution in [3.05, 3.63) is 24.3 Å². The molecule has 0 unspecified atom stereocenters. The van der Waals surface area contributed by atoms with Gasteiger partial charge in [0.05, 0.1) is 4.90 Å². The molecule has 1 aromatic rings. The zero-order chi connectivity index (χ0) is 22.8. The van der Waals surface area contributed by atoms with Crippen molar-refractivity contribution >= 4 is 33.6 Å². The second-order valence-electron chi connectivity index (χ2n) is 8.10. The lowest BCUT2D eigenvalue weighted by Crippen LogP contribution is -2.54. The highest BCUT2D eigenvalue weighted by atomic mass is 32.2. The van der Waals surface area contributed by atoms with Crippen LogP contribution >= 0.6 is 0 Å². The molecule has 1 aliphatic carbocycles. The van der Waals surface area contributed by atoms with Crippen molar-refractivity contribution in [2.75, 3.05) is 25.0 Å². The number of carbonyl (C=O) groups excluding carboxylic acids is 3. The SMILES string of the molecule is CCN(CC)S(=O)(=O)c1ccc(NC(=O)CN2C(=O)N[C@@]3(CCCC[C@H]3C)C2=O)cc1. The first kappa shape index (κ1) is 23.2. The van der Waals surface area contributed by atoms with Crippen molar-refractivity contribution in [1.82, 2.24) is 14.5 Å². The van der Waals surface area contributed by atoms with Gasteiger partial charge in [-0.3, -0.25) is 14.5 Å². The summed E-state index contributed by atoms with van der Waals surface area (Å²) in [5, 5.41) is 5.45. The molecule has 2 aliphatic rings. The zero-order valence-corrected chi connectivity index (χ0v) is 19.0. The maximum Gasteiger partial charge on any atom is 0.325 e. The highest BCUT2D eigenvalue weighted by Gasteiger charge is 2.55. The van der Waals surface area contributed by atoms with Crippen molar-refractivity contribution in [1.29, 1.82) is 0 Å². The highest BCUT2D eigenvalue weighted by Crippen LogP contribution is 2.38.